The number of allylic oxidation sites excluding steroid dienone is 8. The summed E-state index contributed by atoms with van der Waals surface area (Å²) >= 11 is 0. The number of ether oxygens (including phenoxy) is 1. The van der Waals surface area contributed by atoms with E-state index >= 15 is 0 Å². The van der Waals surface area contributed by atoms with Crippen molar-refractivity contribution in [2.45, 2.75) is 186 Å². The predicted octanol–water partition coefficient (Wildman–Crippen LogP) is 12.1. The van der Waals surface area contributed by atoms with Gasteiger partial charge in [-0.3, -0.25) is 14.4 Å². The maximum atomic E-state index is 12.6. The van der Waals surface area contributed by atoms with E-state index in [2.05, 4.69) is 65.5 Å². The number of hydrogen-bond donors (Lipinski definition) is 2. The molecule has 322 valence electrons. The molecule has 0 spiro atoms. The number of nitrogens with zero attached hydrogens (tertiary/aromatic N) is 2. The number of likely N-dealkylation sites (N-methyl/N-ethyl adjacent to an activating group) is 1. The Labute approximate surface area is 343 Å². The lowest BCUT2D eigenvalue weighted by Gasteiger charge is -2.32. The average Bonchev–Trinajstić information content (AvgIpc) is 3.18. The van der Waals surface area contributed by atoms with Crippen LogP contribution in [0.1, 0.15) is 186 Å². The van der Waals surface area contributed by atoms with Crippen LogP contribution in [0.5, 0.6) is 0 Å². The van der Waals surface area contributed by atoms with Gasteiger partial charge in [0.25, 0.3) is 0 Å². The van der Waals surface area contributed by atoms with E-state index < -0.39 is 11.9 Å². The van der Waals surface area contributed by atoms with Crippen molar-refractivity contribution in [3.05, 3.63) is 48.6 Å². The van der Waals surface area contributed by atoms with Gasteiger partial charge in [0, 0.05) is 45.6 Å². The number of carboxylic acid groups (broad SMARTS) is 2. The number of esters is 1. The first-order chi connectivity index (χ1) is 27.4. The van der Waals surface area contributed by atoms with E-state index in [4.69, 9.17) is 14.9 Å². The van der Waals surface area contributed by atoms with Crippen LogP contribution in [0.4, 0.5) is 0 Å². The molecule has 0 amide bonds. The van der Waals surface area contributed by atoms with Gasteiger partial charge < -0.3 is 24.7 Å². The third kappa shape index (κ3) is 36.9. The van der Waals surface area contributed by atoms with Crippen LogP contribution in [0.15, 0.2) is 48.6 Å². The molecule has 0 radical (unpaired) electrons. The van der Waals surface area contributed by atoms with E-state index in [1.807, 2.05) is 0 Å². The van der Waals surface area contributed by atoms with Gasteiger partial charge in [-0.15, -0.1) is 0 Å². The monoisotopic (exact) mass is 785 g/mol. The fourth-order valence-corrected chi connectivity index (χ4v) is 7.16. The maximum Gasteiger partial charge on any atom is 0.307 e. The molecule has 1 heterocycles. The second kappa shape index (κ2) is 39.1. The van der Waals surface area contributed by atoms with Crippen LogP contribution in [0.25, 0.3) is 0 Å². The zero-order valence-electron chi connectivity index (χ0n) is 35.9. The van der Waals surface area contributed by atoms with Crippen LogP contribution in [0.2, 0.25) is 0 Å². The Hall–Kier alpha value is -2.71. The van der Waals surface area contributed by atoms with Gasteiger partial charge in [-0.2, -0.15) is 0 Å². The highest BCUT2D eigenvalue weighted by Crippen LogP contribution is 2.20. The molecular weight excluding hydrogens is 701 g/mol. The molecule has 1 aliphatic heterocycles. The minimum absolute atomic E-state index is 0.0351. The number of aliphatic carboxylic acids is 2. The summed E-state index contributed by atoms with van der Waals surface area (Å²) in [7, 11) is 2.16. The van der Waals surface area contributed by atoms with Crippen LogP contribution in [-0.2, 0) is 19.1 Å². The summed E-state index contributed by atoms with van der Waals surface area (Å²) in [5.41, 5.74) is 0. The van der Waals surface area contributed by atoms with Crippen molar-refractivity contribution in [1.29, 1.82) is 0 Å². The fraction of sp³-hybridized carbons (Fsp3) is 0.771. The highest BCUT2D eigenvalue weighted by Gasteiger charge is 2.16. The Kier molecular flexibility index (Phi) is 35.9. The topological polar surface area (TPSA) is 107 Å². The van der Waals surface area contributed by atoms with Crippen LogP contribution < -0.4 is 0 Å². The van der Waals surface area contributed by atoms with Crippen molar-refractivity contribution in [2.75, 3.05) is 46.4 Å². The summed E-state index contributed by atoms with van der Waals surface area (Å²) in [4.78, 5) is 38.5. The second-order valence-electron chi connectivity index (χ2n) is 16.2. The number of unbranched alkanes of at least 4 members (excludes halogenated alkanes) is 18. The Bertz CT molecular complexity index is 1000. The Morgan fingerprint density at radius 2 is 0.875 bits per heavy atom. The van der Waals surface area contributed by atoms with E-state index in [9.17, 15) is 14.4 Å². The molecule has 0 aromatic carbocycles. The summed E-state index contributed by atoms with van der Waals surface area (Å²) in [6, 6.07) is 0. The number of carboxylic acids is 2. The molecule has 1 fully saturated rings. The minimum Gasteiger partial charge on any atom is -0.481 e. The second-order valence-corrected chi connectivity index (χ2v) is 16.2. The van der Waals surface area contributed by atoms with Crippen molar-refractivity contribution in [3.63, 3.8) is 0 Å². The van der Waals surface area contributed by atoms with Crippen molar-refractivity contribution in [3.8, 4) is 0 Å². The SMILES string of the molecule is CN1CCN(CCC(=O)OCC(CCCCCC/C=C\C/C=C\CCCCCCCC(=O)O)CCCCCC/C=C\C/C=C\CCCCCCCC(=O)O)CC1. The number of carbonyl (C=O) groups excluding carboxylic acids is 1. The van der Waals surface area contributed by atoms with Crippen molar-refractivity contribution >= 4 is 17.9 Å². The largest absolute Gasteiger partial charge is 0.481 e. The van der Waals surface area contributed by atoms with Crippen LogP contribution >= 0.6 is 0 Å². The maximum absolute atomic E-state index is 12.6. The molecule has 0 aromatic rings. The van der Waals surface area contributed by atoms with E-state index in [-0.39, 0.29) is 5.97 Å². The summed E-state index contributed by atoms with van der Waals surface area (Å²) in [5, 5.41) is 17.4. The third-order valence-corrected chi connectivity index (χ3v) is 10.9. The molecule has 1 aliphatic rings. The molecule has 0 bridgehead atoms. The van der Waals surface area contributed by atoms with Crippen molar-refractivity contribution < 1.29 is 29.3 Å². The predicted molar refractivity (Wildman–Crippen MR) is 234 cm³/mol. The van der Waals surface area contributed by atoms with E-state index in [0.717, 1.165) is 123 Å². The third-order valence-electron chi connectivity index (χ3n) is 10.9. The Morgan fingerprint density at radius 3 is 1.29 bits per heavy atom. The van der Waals surface area contributed by atoms with Gasteiger partial charge in [0.15, 0.2) is 0 Å². The van der Waals surface area contributed by atoms with E-state index in [1.54, 1.807) is 0 Å². The number of piperazine rings is 1. The van der Waals surface area contributed by atoms with Crippen LogP contribution in [-0.4, -0.2) is 84.3 Å². The molecular formula is C48H84N2O6. The highest BCUT2D eigenvalue weighted by atomic mass is 16.5. The Balaban J connectivity index is 2.19. The first-order valence-corrected chi connectivity index (χ1v) is 23.0. The van der Waals surface area contributed by atoms with E-state index in [1.165, 1.54) is 77.0 Å². The zero-order chi connectivity index (χ0) is 40.6. The molecule has 0 aliphatic carbocycles. The van der Waals surface area contributed by atoms with Gasteiger partial charge in [-0.25, -0.2) is 0 Å². The molecule has 2 N–H and O–H groups in total. The minimum atomic E-state index is -0.685. The van der Waals surface area contributed by atoms with Crippen LogP contribution in [0, 0.1) is 5.92 Å². The first-order valence-electron chi connectivity index (χ1n) is 23.0. The van der Waals surface area contributed by atoms with Crippen molar-refractivity contribution in [1.82, 2.24) is 9.80 Å². The molecule has 56 heavy (non-hydrogen) atoms. The summed E-state index contributed by atoms with van der Waals surface area (Å²) in [6.45, 7) is 5.60. The smallest absolute Gasteiger partial charge is 0.307 e. The number of rotatable bonds is 39. The highest BCUT2D eigenvalue weighted by molar-refractivity contribution is 5.69. The first kappa shape index (κ1) is 51.3. The summed E-state index contributed by atoms with van der Waals surface area (Å²) < 4.78 is 5.86. The number of carbonyl (C=O) groups is 3. The molecule has 0 atom stereocenters. The molecule has 1 saturated heterocycles. The van der Waals surface area contributed by atoms with Crippen molar-refractivity contribution in [2.24, 2.45) is 5.92 Å². The van der Waals surface area contributed by atoms with Gasteiger partial charge in [-0.1, -0.05) is 126 Å². The number of hydrogen-bond acceptors (Lipinski definition) is 6. The van der Waals surface area contributed by atoms with Gasteiger partial charge >= 0.3 is 17.9 Å². The van der Waals surface area contributed by atoms with Gasteiger partial charge in [-0.05, 0) is 103 Å². The lowest BCUT2D eigenvalue weighted by atomic mass is 9.95. The lowest BCUT2D eigenvalue weighted by molar-refractivity contribution is -0.145. The summed E-state index contributed by atoms with van der Waals surface area (Å²) in [5.74, 6) is -0.938. The van der Waals surface area contributed by atoms with Gasteiger partial charge in [0.1, 0.15) is 0 Å². The fourth-order valence-electron chi connectivity index (χ4n) is 7.16. The average molecular weight is 785 g/mol. The molecule has 8 heteroatoms. The lowest BCUT2D eigenvalue weighted by Crippen LogP contribution is -2.45. The van der Waals surface area contributed by atoms with E-state index in [0.29, 0.717) is 31.8 Å². The molecule has 8 nitrogen and oxygen atoms in total. The quantitative estimate of drug-likeness (QED) is 0.0360. The standard InChI is InChI=1S/C48H84N2O6/c1-49-40-42-50(43-41-49)39-38-48(55)56-44-45(34-30-26-22-18-14-10-6-2-4-8-12-16-20-24-28-32-36-46(51)52)35-31-27-23-19-15-11-7-3-5-9-13-17-21-25-29-33-37-47(53)54/h4-11,45H,2-3,12-44H2,1H3,(H,51,52)(H,53,54)/b8-4-,9-5-,10-6-,11-7-. The Morgan fingerprint density at radius 1 is 0.500 bits per heavy atom. The molecule has 0 aromatic heterocycles. The molecule has 1 rings (SSSR count). The normalized spacial score (nSPS) is 14.4. The summed E-state index contributed by atoms with van der Waals surface area (Å²) in [6.07, 6.45) is 48.8. The van der Waals surface area contributed by atoms with Gasteiger partial charge in [0.2, 0.25) is 0 Å². The van der Waals surface area contributed by atoms with Gasteiger partial charge in [0.05, 0.1) is 13.0 Å². The molecule has 0 unspecified atom stereocenters. The zero-order valence-corrected chi connectivity index (χ0v) is 35.9. The van der Waals surface area contributed by atoms with Crippen LogP contribution in [0.3, 0.4) is 0 Å². The molecule has 0 saturated carbocycles.